The van der Waals surface area contributed by atoms with Crippen LogP contribution in [0.4, 0.5) is 4.39 Å². The van der Waals surface area contributed by atoms with Crippen LogP contribution in [-0.2, 0) is 19.6 Å². The predicted molar refractivity (Wildman–Crippen MR) is 157 cm³/mol. The van der Waals surface area contributed by atoms with E-state index in [-0.39, 0.29) is 11.4 Å². The van der Waals surface area contributed by atoms with E-state index in [1.807, 2.05) is 73.7 Å². The molecule has 0 saturated heterocycles. The first-order chi connectivity index (χ1) is 20.0. The van der Waals surface area contributed by atoms with E-state index in [0.717, 1.165) is 33.2 Å². The van der Waals surface area contributed by atoms with Crippen molar-refractivity contribution in [2.45, 2.75) is 32.6 Å². The van der Waals surface area contributed by atoms with Crippen molar-refractivity contribution in [1.29, 1.82) is 0 Å². The van der Waals surface area contributed by atoms with Gasteiger partial charge in [0.1, 0.15) is 11.9 Å². The van der Waals surface area contributed by atoms with Crippen molar-refractivity contribution < 1.29 is 4.39 Å². The molecule has 2 heterocycles. The zero-order valence-corrected chi connectivity index (χ0v) is 22.6. The van der Waals surface area contributed by atoms with Gasteiger partial charge in [-0.3, -0.25) is 9.69 Å². The van der Waals surface area contributed by atoms with E-state index >= 15 is 0 Å². The summed E-state index contributed by atoms with van der Waals surface area (Å²) in [5.74, 6) is 0.248. The number of nitrogens with zero attached hydrogens (tertiary/aromatic N) is 5. The second-order valence-corrected chi connectivity index (χ2v) is 10.2. The normalized spacial score (nSPS) is 12.2. The lowest BCUT2D eigenvalue weighted by Crippen LogP contribution is -2.35. The second kappa shape index (κ2) is 11.7. The van der Waals surface area contributed by atoms with Gasteiger partial charge in [-0.1, -0.05) is 84.4 Å². The summed E-state index contributed by atoms with van der Waals surface area (Å²) in [6, 6.07) is 33.8. The lowest BCUT2D eigenvalue weighted by molar-refractivity contribution is 0.194. The summed E-state index contributed by atoms with van der Waals surface area (Å²) < 4.78 is 15.6. The molecule has 204 valence electrons. The molecule has 0 saturated carbocycles. The lowest BCUT2D eigenvalue weighted by atomic mass is 10.0. The number of tetrazole rings is 1. The van der Waals surface area contributed by atoms with Crippen molar-refractivity contribution in [3.63, 3.8) is 0 Å². The van der Waals surface area contributed by atoms with Gasteiger partial charge in [-0.05, 0) is 69.8 Å². The Bertz CT molecular complexity index is 1820. The average molecular weight is 545 g/mol. The molecule has 1 atom stereocenters. The number of hydrogen-bond acceptors (Lipinski definition) is 5. The maximum atomic E-state index is 13.8. The van der Waals surface area contributed by atoms with Crippen LogP contribution in [0.3, 0.4) is 0 Å². The second-order valence-electron chi connectivity index (χ2n) is 10.2. The molecule has 0 aliphatic carbocycles. The van der Waals surface area contributed by atoms with Crippen molar-refractivity contribution in [3.05, 3.63) is 159 Å². The average Bonchev–Trinajstić information content (AvgIpc) is 3.43. The number of halogens is 1. The Morgan fingerprint density at radius 1 is 0.829 bits per heavy atom. The van der Waals surface area contributed by atoms with E-state index in [4.69, 9.17) is 0 Å². The Balaban J connectivity index is 1.53. The molecular formula is C33H29FN6O. The Hall–Kier alpha value is -4.95. The minimum Gasteiger partial charge on any atom is -0.322 e. The Labute approximate surface area is 236 Å². The van der Waals surface area contributed by atoms with E-state index in [1.54, 1.807) is 16.8 Å². The first kappa shape index (κ1) is 26.3. The van der Waals surface area contributed by atoms with Crippen molar-refractivity contribution >= 4 is 10.9 Å². The molecular weight excluding hydrogens is 515 g/mol. The van der Waals surface area contributed by atoms with Crippen molar-refractivity contribution in [1.82, 2.24) is 30.1 Å². The summed E-state index contributed by atoms with van der Waals surface area (Å²) in [7, 11) is 0. The fourth-order valence-corrected chi connectivity index (χ4v) is 5.20. The molecule has 8 heteroatoms. The SMILES string of the molecule is Cc1ccc2[nH]c(=O)c([C@@H](c3nnnn3Cc3ccccc3)N(Cc3ccccc3)Cc3ccc(F)cc3)cc2c1. The summed E-state index contributed by atoms with van der Waals surface area (Å²) in [5.41, 5.74) is 5.18. The van der Waals surface area contributed by atoms with Gasteiger partial charge >= 0.3 is 0 Å². The Morgan fingerprint density at radius 3 is 2.20 bits per heavy atom. The summed E-state index contributed by atoms with van der Waals surface area (Å²) >= 11 is 0. The van der Waals surface area contributed by atoms with Crippen LogP contribution in [0.25, 0.3) is 10.9 Å². The highest BCUT2D eigenvalue weighted by atomic mass is 19.1. The van der Waals surface area contributed by atoms with Crippen LogP contribution in [0.2, 0.25) is 0 Å². The minimum atomic E-state index is -0.604. The zero-order valence-electron chi connectivity index (χ0n) is 22.6. The highest BCUT2D eigenvalue weighted by molar-refractivity contribution is 5.79. The van der Waals surface area contributed by atoms with E-state index < -0.39 is 6.04 Å². The molecule has 0 amide bonds. The number of aromatic amines is 1. The summed E-state index contributed by atoms with van der Waals surface area (Å²) in [6.07, 6.45) is 0. The number of hydrogen-bond donors (Lipinski definition) is 1. The van der Waals surface area contributed by atoms with Crippen LogP contribution in [-0.4, -0.2) is 30.1 Å². The number of H-pyrrole nitrogens is 1. The summed E-state index contributed by atoms with van der Waals surface area (Å²) in [6.45, 7) is 3.41. The van der Waals surface area contributed by atoms with Crippen LogP contribution in [0.5, 0.6) is 0 Å². The monoisotopic (exact) mass is 544 g/mol. The fraction of sp³-hybridized carbons (Fsp3) is 0.152. The molecule has 6 rings (SSSR count). The van der Waals surface area contributed by atoms with Crippen molar-refractivity contribution in [3.8, 4) is 0 Å². The molecule has 6 aromatic rings. The summed E-state index contributed by atoms with van der Waals surface area (Å²) in [5, 5.41) is 13.8. The molecule has 0 fully saturated rings. The molecule has 0 spiro atoms. The van der Waals surface area contributed by atoms with Crippen LogP contribution < -0.4 is 5.56 Å². The number of rotatable bonds is 9. The number of aromatic nitrogens is 5. The smallest absolute Gasteiger partial charge is 0.253 e. The largest absolute Gasteiger partial charge is 0.322 e. The number of fused-ring (bicyclic) bond motifs is 1. The molecule has 4 aromatic carbocycles. The lowest BCUT2D eigenvalue weighted by Gasteiger charge is -2.31. The molecule has 0 aliphatic heterocycles. The molecule has 0 radical (unpaired) electrons. The third-order valence-corrected chi connectivity index (χ3v) is 7.19. The van der Waals surface area contributed by atoms with E-state index in [2.05, 4.69) is 43.6 Å². The summed E-state index contributed by atoms with van der Waals surface area (Å²) in [4.78, 5) is 19.0. The molecule has 2 aromatic heterocycles. The zero-order chi connectivity index (χ0) is 28.2. The van der Waals surface area contributed by atoms with Crippen LogP contribution in [0.1, 0.15) is 39.7 Å². The number of pyridine rings is 1. The van der Waals surface area contributed by atoms with Crippen molar-refractivity contribution in [2.75, 3.05) is 0 Å². The molecule has 0 aliphatic rings. The third kappa shape index (κ3) is 5.97. The van der Waals surface area contributed by atoms with Gasteiger partial charge in [0.25, 0.3) is 5.56 Å². The van der Waals surface area contributed by atoms with Crippen molar-refractivity contribution in [2.24, 2.45) is 0 Å². The first-order valence-electron chi connectivity index (χ1n) is 13.5. The fourth-order valence-electron chi connectivity index (χ4n) is 5.20. The van der Waals surface area contributed by atoms with Gasteiger partial charge in [0.2, 0.25) is 0 Å². The highest BCUT2D eigenvalue weighted by Gasteiger charge is 2.31. The Kier molecular flexibility index (Phi) is 7.47. The van der Waals surface area contributed by atoms with Crippen LogP contribution in [0.15, 0.2) is 114 Å². The van der Waals surface area contributed by atoms with Gasteiger partial charge < -0.3 is 4.98 Å². The maximum Gasteiger partial charge on any atom is 0.253 e. The molecule has 1 N–H and O–H groups in total. The van der Waals surface area contributed by atoms with Gasteiger partial charge in [0, 0.05) is 24.2 Å². The number of benzene rings is 4. The Morgan fingerprint density at radius 2 is 1.49 bits per heavy atom. The van der Waals surface area contributed by atoms with E-state index in [1.165, 1.54) is 12.1 Å². The molecule has 7 nitrogen and oxygen atoms in total. The van der Waals surface area contributed by atoms with Gasteiger partial charge in [-0.2, -0.15) is 0 Å². The minimum absolute atomic E-state index is 0.210. The predicted octanol–water partition coefficient (Wildman–Crippen LogP) is 5.80. The topological polar surface area (TPSA) is 79.7 Å². The quantitative estimate of drug-likeness (QED) is 0.249. The van der Waals surface area contributed by atoms with Gasteiger partial charge in [-0.15, -0.1) is 5.10 Å². The van der Waals surface area contributed by atoms with Crippen LogP contribution in [0, 0.1) is 12.7 Å². The van der Waals surface area contributed by atoms with E-state index in [9.17, 15) is 9.18 Å². The first-order valence-corrected chi connectivity index (χ1v) is 13.5. The van der Waals surface area contributed by atoms with Gasteiger partial charge in [0.15, 0.2) is 5.82 Å². The molecule has 0 unspecified atom stereocenters. The number of nitrogens with one attached hydrogen (secondary N) is 1. The van der Waals surface area contributed by atoms with Gasteiger partial charge in [0.05, 0.1) is 6.54 Å². The van der Waals surface area contributed by atoms with E-state index in [0.29, 0.717) is 31.0 Å². The maximum absolute atomic E-state index is 13.8. The standard InChI is InChI=1S/C33H29FN6O/c1-23-12-17-30-27(18-23)19-29(33(41)35-30)31(32-36-37-38-40(32)22-25-10-6-3-7-11-25)39(20-24-8-4-2-5-9-24)21-26-13-15-28(34)16-14-26/h2-19,31H,20-22H2,1H3,(H,35,41)/t31-/m0/s1. The van der Waals surface area contributed by atoms with Crippen LogP contribution >= 0.6 is 0 Å². The third-order valence-electron chi connectivity index (χ3n) is 7.19. The molecule has 41 heavy (non-hydrogen) atoms. The van der Waals surface area contributed by atoms with Gasteiger partial charge in [-0.25, -0.2) is 9.07 Å². The number of aryl methyl sites for hydroxylation is 1. The highest BCUT2D eigenvalue weighted by Crippen LogP contribution is 2.30. The molecule has 0 bridgehead atoms.